The summed E-state index contributed by atoms with van der Waals surface area (Å²) in [5, 5.41) is 0. The summed E-state index contributed by atoms with van der Waals surface area (Å²) in [6, 6.07) is 57.4. The van der Waals surface area contributed by atoms with E-state index >= 15 is 0 Å². The molecule has 0 amide bonds. The summed E-state index contributed by atoms with van der Waals surface area (Å²) in [5.74, 6) is 1.78. The van der Waals surface area contributed by atoms with E-state index in [2.05, 4.69) is 189 Å². The molecule has 0 unspecified atom stereocenters. The first-order valence-electron chi connectivity index (χ1n) is 17.9. The van der Waals surface area contributed by atoms with E-state index in [0.717, 1.165) is 39.9 Å². The van der Waals surface area contributed by atoms with Crippen molar-refractivity contribution < 1.29 is 4.74 Å². The van der Waals surface area contributed by atoms with Gasteiger partial charge in [-0.25, -0.2) is 0 Å². The number of para-hydroxylation sites is 4. The van der Waals surface area contributed by atoms with Crippen LogP contribution in [0.4, 0.5) is 34.1 Å². The number of rotatable bonds is 4. The molecule has 2 heterocycles. The third-order valence-electron chi connectivity index (χ3n) is 11.4. The van der Waals surface area contributed by atoms with E-state index < -0.39 is 0 Å². The average Bonchev–Trinajstić information content (AvgIpc) is 3.39. The molecule has 10 rings (SSSR count). The largest absolute Gasteiger partial charge is 0.453 e. The van der Waals surface area contributed by atoms with E-state index in [1.807, 2.05) is 6.07 Å². The minimum Gasteiger partial charge on any atom is -0.453 e. The first kappa shape index (κ1) is 29.8. The van der Waals surface area contributed by atoms with Gasteiger partial charge in [-0.3, -0.25) is 0 Å². The third-order valence-corrected chi connectivity index (χ3v) is 11.4. The second-order valence-electron chi connectivity index (χ2n) is 15.0. The minimum absolute atomic E-state index is 0.0720. The van der Waals surface area contributed by atoms with Gasteiger partial charge in [0.25, 0.3) is 0 Å². The maximum Gasteiger partial charge on any atom is 0.151 e. The Morgan fingerprint density at radius 1 is 0.431 bits per heavy atom. The highest BCUT2D eigenvalue weighted by Gasteiger charge is 2.41. The first-order valence-corrected chi connectivity index (χ1v) is 17.9. The van der Waals surface area contributed by atoms with Gasteiger partial charge >= 0.3 is 0 Å². The lowest BCUT2D eigenvalue weighted by molar-refractivity contribution is 0.471. The van der Waals surface area contributed by atoms with Crippen molar-refractivity contribution in [3.05, 3.63) is 180 Å². The summed E-state index contributed by atoms with van der Waals surface area (Å²) < 4.78 is 6.46. The van der Waals surface area contributed by atoms with Crippen molar-refractivity contribution in [2.24, 2.45) is 0 Å². The number of hydrogen-bond acceptors (Lipinski definition) is 3. The fourth-order valence-corrected chi connectivity index (χ4v) is 8.79. The molecule has 0 aromatic heterocycles. The summed E-state index contributed by atoms with van der Waals surface area (Å²) in [4.78, 5) is 4.79. The van der Waals surface area contributed by atoms with Gasteiger partial charge in [0.15, 0.2) is 11.5 Å². The van der Waals surface area contributed by atoms with Crippen LogP contribution in [0.3, 0.4) is 0 Å². The number of anilines is 6. The van der Waals surface area contributed by atoms with Crippen molar-refractivity contribution in [3.8, 4) is 33.8 Å². The summed E-state index contributed by atoms with van der Waals surface area (Å²) in [7, 11) is 0. The van der Waals surface area contributed by atoms with Gasteiger partial charge in [-0.15, -0.1) is 0 Å². The van der Waals surface area contributed by atoms with Gasteiger partial charge in [0.1, 0.15) is 0 Å². The molecule has 1 aliphatic carbocycles. The lowest BCUT2D eigenvalue weighted by atomic mass is 9.72. The Hall–Kier alpha value is -6.06. The molecule has 246 valence electrons. The molecular formula is C48H38N2O. The van der Waals surface area contributed by atoms with Crippen LogP contribution in [0, 0.1) is 0 Å². The fraction of sp³-hybridized carbons (Fsp3) is 0.125. The van der Waals surface area contributed by atoms with Gasteiger partial charge in [-0.05, 0) is 105 Å². The van der Waals surface area contributed by atoms with Crippen LogP contribution in [-0.2, 0) is 10.8 Å². The number of ether oxygens (including phenoxy) is 1. The summed E-state index contributed by atoms with van der Waals surface area (Å²) in [6.07, 6.45) is 0. The standard InChI is InChI=1S/C48H38N2O/c1-47(2)38-16-9-8-15-36(38)37-27-26-35(30-41(37)47)49(33-13-6-5-7-14-33)34-24-21-31(22-25-34)32-23-28-39-43(29-32)50-42-18-10-11-19-44(42)51-45-20-12-17-40(46(45)50)48(39,3)4/h5-30H,1-4H3. The van der Waals surface area contributed by atoms with Crippen molar-refractivity contribution in [2.45, 2.75) is 38.5 Å². The van der Waals surface area contributed by atoms with Gasteiger partial charge in [0.2, 0.25) is 0 Å². The highest BCUT2D eigenvalue weighted by molar-refractivity contribution is 5.94. The van der Waals surface area contributed by atoms with Crippen LogP contribution in [0.15, 0.2) is 158 Å². The molecule has 3 heteroatoms. The van der Waals surface area contributed by atoms with Crippen LogP contribution < -0.4 is 14.5 Å². The molecule has 0 spiro atoms. The molecule has 3 nitrogen and oxygen atoms in total. The van der Waals surface area contributed by atoms with Gasteiger partial charge < -0.3 is 14.5 Å². The quantitative estimate of drug-likeness (QED) is 0.187. The Bertz CT molecular complexity index is 2510. The Morgan fingerprint density at radius 2 is 1.06 bits per heavy atom. The lowest BCUT2D eigenvalue weighted by Gasteiger charge is -2.45. The molecule has 51 heavy (non-hydrogen) atoms. The number of fused-ring (bicyclic) bond motifs is 7. The zero-order valence-electron chi connectivity index (χ0n) is 29.3. The lowest BCUT2D eigenvalue weighted by Crippen LogP contribution is -2.32. The highest BCUT2D eigenvalue weighted by Crippen LogP contribution is 2.60. The second-order valence-corrected chi connectivity index (χ2v) is 15.0. The van der Waals surface area contributed by atoms with E-state index in [0.29, 0.717) is 0 Å². The van der Waals surface area contributed by atoms with Gasteiger partial charge in [-0.1, -0.05) is 125 Å². The van der Waals surface area contributed by atoms with Gasteiger partial charge in [0.05, 0.1) is 17.1 Å². The van der Waals surface area contributed by atoms with Crippen molar-refractivity contribution >= 4 is 34.1 Å². The molecular weight excluding hydrogens is 621 g/mol. The monoisotopic (exact) mass is 658 g/mol. The van der Waals surface area contributed by atoms with Crippen molar-refractivity contribution in [3.63, 3.8) is 0 Å². The zero-order chi connectivity index (χ0) is 34.5. The van der Waals surface area contributed by atoms with Crippen LogP contribution in [0.5, 0.6) is 11.5 Å². The first-order chi connectivity index (χ1) is 24.8. The summed E-state index contributed by atoms with van der Waals surface area (Å²) in [5.41, 5.74) is 16.9. The predicted molar refractivity (Wildman–Crippen MR) is 211 cm³/mol. The summed E-state index contributed by atoms with van der Waals surface area (Å²) >= 11 is 0. The maximum atomic E-state index is 6.46. The van der Waals surface area contributed by atoms with Gasteiger partial charge in [0, 0.05) is 27.9 Å². The molecule has 0 fully saturated rings. The van der Waals surface area contributed by atoms with E-state index in [9.17, 15) is 0 Å². The highest BCUT2D eigenvalue weighted by atomic mass is 16.5. The van der Waals surface area contributed by atoms with Crippen LogP contribution in [0.1, 0.15) is 49.9 Å². The fourth-order valence-electron chi connectivity index (χ4n) is 8.79. The normalized spacial score (nSPS) is 15.1. The van der Waals surface area contributed by atoms with E-state index in [-0.39, 0.29) is 10.8 Å². The van der Waals surface area contributed by atoms with Crippen LogP contribution in [-0.4, -0.2) is 0 Å². The predicted octanol–water partition coefficient (Wildman–Crippen LogP) is 13.3. The molecule has 0 radical (unpaired) electrons. The smallest absolute Gasteiger partial charge is 0.151 e. The zero-order valence-corrected chi connectivity index (χ0v) is 29.3. The topological polar surface area (TPSA) is 15.7 Å². The molecule has 2 aliphatic heterocycles. The molecule has 0 atom stereocenters. The Balaban J connectivity index is 1.07. The van der Waals surface area contributed by atoms with Crippen molar-refractivity contribution in [1.29, 1.82) is 0 Å². The third kappa shape index (κ3) is 4.31. The molecule has 3 aliphatic rings. The van der Waals surface area contributed by atoms with E-state index in [1.165, 1.54) is 50.2 Å². The van der Waals surface area contributed by atoms with Crippen LogP contribution >= 0.6 is 0 Å². The van der Waals surface area contributed by atoms with Crippen LogP contribution in [0.25, 0.3) is 22.3 Å². The number of nitrogens with zero attached hydrogens (tertiary/aromatic N) is 2. The summed E-state index contributed by atoms with van der Waals surface area (Å²) in [6.45, 7) is 9.34. The average molecular weight is 659 g/mol. The van der Waals surface area contributed by atoms with Crippen LogP contribution in [0.2, 0.25) is 0 Å². The molecule has 7 aromatic carbocycles. The van der Waals surface area contributed by atoms with Crippen molar-refractivity contribution in [2.75, 3.05) is 9.80 Å². The van der Waals surface area contributed by atoms with Gasteiger partial charge in [-0.2, -0.15) is 0 Å². The number of benzene rings is 7. The Kier molecular flexibility index (Phi) is 6.27. The van der Waals surface area contributed by atoms with E-state index in [1.54, 1.807) is 0 Å². The second kappa shape index (κ2) is 10.7. The maximum absolute atomic E-state index is 6.46. The van der Waals surface area contributed by atoms with E-state index in [4.69, 9.17) is 4.74 Å². The minimum atomic E-state index is -0.183. The molecule has 0 saturated heterocycles. The molecule has 0 bridgehead atoms. The molecule has 0 N–H and O–H groups in total. The Morgan fingerprint density at radius 3 is 1.90 bits per heavy atom. The molecule has 7 aromatic rings. The molecule has 0 saturated carbocycles. The number of hydrogen-bond donors (Lipinski definition) is 0. The van der Waals surface area contributed by atoms with Crippen molar-refractivity contribution in [1.82, 2.24) is 0 Å². The SMILES string of the molecule is CC1(C)c2ccccc2-c2ccc(N(c3ccccc3)c3ccc(-c4ccc5c(c4)N4c6ccccc6Oc6cccc(c64)C5(C)C)cc3)cc21. The Labute approximate surface area is 300 Å².